The Morgan fingerprint density at radius 3 is 2.33 bits per heavy atom. The van der Waals surface area contributed by atoms with Gasteiger partial charge >= 0.3 is 5.97 Å². The summed E-state index contributed by atoms with van der Waals surface area (Å²) in [5, 5.41) is 0. The molecule has 138 valence electrons. The minimum absolute atomic E-state index is 0.0248. The summed E-state index contributed by atoms with van der Waals surface area (Å²) in [4.78, 5) is 17.3. The van der Waals surface area contributed by atoms with E-state index in [0.717, 1.165) is 58.0 Å². The van der Waals surface area contributed by atoms with E-state index in [4.69, 9.17) is 4.74 Å². The van der Waals surface area contributed by atoms with Crippen molar-refractivity contribution in [2.75, 3.05) is 39.3 Å². The molecule has 0 unspecified atom stereocenters. The Kier molecular flexibility index (Phi) is 5.27. The van der Waals surface area contributed by atoms with Crippen molar-refractivity contribution in [2.45, 2.75) is 65.9 Å². The van der Waals surface area contributed by atoms with Crippen molar-refractivity contribution < 1.29 is 9.53 Å². The fraction of sp³-hybridized carbons (Fsp3) is 0.950. The highest BCUT2D eigenvalue weighted by atomic mass is 16.5. The van der Waals surface area contributed by atoms with E-state index in [-0.39, 0.29) is 17.5 Å². The second-order valence-electron chi connectivity index (χ2n) is 8.97. The van der Waals surface area contributed by atoms with Crippen molar-refractivity contribution in [3.63, 3.8) is 0 Å². The highest BCUT2D eigenvalue weighted by molar-refractivity contribution is 5.69. The van der Waals surface area contributed by atoms with Crippen LogP contribution in [-0.4, -0.2) is 61.1 Å². The largest absolute Gasteiger partial charge is 0.462 e. The van der Waals surface area contributed by atoms with Crippen LogP contribution in [0.5, 0.6) is 0 Å². The molecule has 4 heteroatoms. The van der Waals surface area contributed by atoms with Gasteiger partial charge in [0.1, 0.15) is 6.10 Å². The third-order valence-corrected chi connectivity index (χ3v) is 7.76. The highest BCUT2D eigenvalue weighted by Gasteiger charge is 2.62. The Labute approximate surface area is 147 Å². The third-order valence-electron chi connectivity index (χ3n) is 7.76. The van der Waals surface area contributed by atoms with E-state index >= 15 is 0 Å². The van der Waals surface area contributed by atoms with Gasteiger partial charge in [-0.15, -0.1) is 0 Å². The zero-order valence-electron chi connectivity index (χ0n) is 16.1. The van der Waals surface area contributed by atoms with Gasteiger partial charge in [-0.25, -0.2) is 0 Å². The molecular weight excluding hydrogens is 300 g/mol. The Morgan fingerprint density at radius 1 is 1.12 bits per heavy atom. The summed E-state index contributed by atoms with van der Waals surface area (Å²) < 4.78 is 5.94. The summed E-state index contributed by atoms with van der Waals surface area (Å²) in [6.07, 6.45) is 5.25. The second-order valence-corrected chi connectivity index (χ2v) is 8.97. The van der Waals surface area contributed by atoms with Crippen molar-refractivity contribution >= 4 is 5.97 Å². The van der Waals surface area contributed by atoms with Gasteiger partial charge in [-0.1, -0.05) is 27.7 Å². The number of ether oxygens (including phenoxy) is 1. The minimum Gasteiger partial charge on any atom is -0.462 e. The molecule has 3 aliphatic rings. The third kappa shape index (κ3) is 3.24. The molecule has 0 aromatic carbocycles. The van der Waals surface area contributed by atoms with Crippen LogP contribution >= 0.6 is 0 Å². The first kappa shape index (κ1) is 18.2. The van der Waals surface area contributed by atoms with Crippen molar-refractivity contribution in [3.8, 4) is 0 Å². The quantitative estimate of drug-likeness (QED) is 0.698. The van der Waals surface area contributed by atoms with Crippen LogP contribution in [0, 0.1) is 16.7 Å². The smallest absolute Gasteiger partial charge is 0.306 e. The van der Waals surface area contributed by atoms with Crippen LogP contribution in [0.15, 0.2) is 0 Å². The SMILES string of the molecule is CCN1CCN(CCCC(=O)O[C@@H]2C[C@@H]3CC[C@@]2(C)C3(C)C)CC1. The lowest BCUT2D eigenvalue weighted by atomic mass is 9.70. The topological polar surface area (TPSA) is 32.8 Å². The zero-order valence-corrected chi connectivity index (χ0v) is 16.1. The van der Waals surface area contributed by atoms with Gasteiger partial charge in [-0.3, -0.25) is 4.79 Å². The van der Waals surface area contributed by atoms with Gasteiger partial charge in [0.05, 0.1) is 0 Å². The first-order valence-electron chi connectivity index (χ1n) is 10.0. The molecule has 1 saturated heterocycles. The summed E-state index contributed by atoms with van der Waals surface area (Å²) in [6, 6.07) is 0. The van der Waals surface area contributed by atoms with E-state index in [1.165, 1.54) is 12.8 Å². The van der Waals surface area contributed by atoms with Crippen LogP contribution in [0.4, 0.5) is 0 Å². The van der Waals surface area contributed by atoms with Crippen LogP contribution in [0.1, 0.15) is 59.8 Å². The number of piperazine rings is 1. The molecule has 2 saturated carbocycles. The number of carbonyl (C=O) groups is 1. The number of nitrogens with zero attached hydrogens (tertiary/aromatic N) is 2. The molecule has 4 nitrogen and oxygen atoms in total. The molecule has 3 fully saturated rings. The maximum absolute atomic E-state index is 12.3. The minimum atomic E-state index is 0.0248. The molecule has 0 N–H and O–H groups in total. The number of fused-ring (bicyclic) bond motifs is 2. The van der Waals surface area contributed by atoms with Crippen LogP contribution < -0.4 is 0 Å². The molecule has 2 aliphatic carbocycles. The average Bonchev–Trinajstić information content (AvgIpc) is 2.89. The van der Waals surface area contributed by atoms with Gasteiger partial charge in [-0.05, 0) is 50.1 Å². The lowest BCUT2D eigenvalue weighted by Crippen LogP contribution is -2.46. The predicted molar refractivity (Wildman–Crippen MR) is 96.9 cm³/mol. The number of esters is 1. The first-order valence-corrected chi connectivity index (χ1v) is 10.0. The molecule has 1 aliphatic heterocycles. The molecule has 3 rings (SSSR count). The van der Waals surface area contributed by atoms with Crippen LogP contribution in [-0.2, 0) is 9.53 Å². The predicted octanol–water partition coefficient (Wildman–Crippen LogP) is 3.16. The van der Waals surface area contributed by atoms with Gasteiger partial charge in [-0.2, -0.15) is 0 Å². The Bertz CT molecular complexity index is 457. The molecule has 0 radical (unpaired) electrons. The van der Waals surface area contributed by atoms with E-state index < -0.39 is 0 Å². The standard InChI is InChI=1S/C20H36N2O2/c1-5-21-11-13-22(14-12-21)10-6-7-18(23)24-17-15-16-8-9-20(17,4)19(16,2)3/h16-17H,5-15H2,1-4H3/t16-,17+,20+/m0/s1. The molecule has 24 heavy (non-hydrogen) atoms. The summed E-state index contributed by atoms with van der Waals surface area (Å²) in [5.41, 5.74) is 0.501. The average molecular weight is 337 g/mol. The van der Waals surface area contributed by atoms with Crippen molar-refractivity contribution in [3.05, 3.63) is 0 Å². The van der Waals surface area contributed by atoms with E-state index in [1.54, 1.807) is 0 Å². The fourth-order valence-corrected chi connectivity index (χ4v) is 5.30. The number of likely N-dealkylation sites (N-methyl/N-ethyl adjacent to an activating group) is 1. The molecule has 0 aromatic heterocycles. The summed E-state index contributed by atoms with van der Waals surface area (Å²) in [7, 11) is 0. The molecule has 0 aromatic rings. The van der Waals surface area contributed by atoms with Crippen LogP contribution in [0.3, 0.4) is 0 Å². The number of rotatable bonds is 6. The van der Waals surface area contributed by atoms with Crippen LogP contribution in [0.2, 0.25) is 0 Å². The van der Waals surface area contributed by atoms with Gasteiger partial charge in [0.25, 0.3) is 0 Å². The maximum Gasteiger partial charge on any atom is 0.306 e. The van der Waals surface area contributed by atoms with Crippen molar-refractivity contribution in [2.24, 2.45) is 16.7 Å². The number of hydrogen-bond donors (Lipinski definition) is 0. The van der Waals surface area contributed by atoms with Crippen molar-refractivity contribution in [1.82, 2.24) is 9.80 Å². The molecule has 2 bridgehead atoms. The van der Waals surface area contributed by atoms with Crippen molar-refractivity contribution in [1.29, 1.82) is 0 Å². The Hall–Kier alpha value is -0.610. The Balaban J connectivity index is 1.38. The van der Waals surface area contributed by atoms with E-state index in [9.17, 15) is 4.79 Å². The molecule has 3 atom stereocenters. The summed E-state index contributed by atoms with van der Waals surface area (Å²) in [6.45, 7) is 16.1. The van der Waals surface area contributed by atoms with Gasteiger partial charge in [0.15, 0.2) is 0 Å². The molecule has 1 heterocycles. The first-order chi connectivity index (χ1) is 11.4. The fourth-order valence-electron chi connectivity index (χ4n) is 5.30. The van der Waals surface area contributed by atoms with Gasteiger partial charge in [0, 0.05) is 38.0 Å². The second kappa shape index (κ2) is 6.95. The lowest BCUT2D eigenvalue weighted by Gasteiger charge is -2.38. The molecule has 0 spiro atoms. The zero-order chi connectivity index (χ0) is 17.4. The van der Waals surface area contributed by atoms with Gasteiger partial charge < -0.3 is 14.5 Å². The Morgan fingerprint density at radius 2 is 1.79 bits per heavy atom. The summed E-state index contributed by atoms with van der Waals surface area (Å²) in [5.74, 6) is 0.756. The maximum atomic E-state index is 12.3. The van der Waals surface area contributed by atoms with E-state index in [2.05, 4.69) is 37.5 Å². The highest BCUT2D eigenvalue weighted by Crippen LogP contribution is 2.66. The number of carbonyl (C=O) groups excluding carboxylic acids is 1. The number of hydrogen-bond acceptors (Lipinski definition) is 4. The monoisotopic (exact) mass is 336 g/mol. The van der Waals surface area contributed by atoms with Gasteiger partial charge in [0.2, 0.25) is 0 Å². The van der Waals surface area contributed by atoms with E-state index in [0.29, 0.717) is 11.8 Å². The summed E-state index contributed by atoms with van der Waals surface area (Å²) >= 11 is 0. The lowest BCUT2D eigenvalue weighted by molar-refractivity contribution is -0.157. The van der Waals surface area contributed by atoms with E-state index in [1.807, 2.05) is 0 Å². The normalized spacial score (nSPS) is 36.2. The molecular formula is C20H36N2O2. The van der Waals surface area contributed by atoms with Crippen LogP contribution in [0.25, 0.3) is 0 Å². The molecule has 0 amide bonds.